The highest BCUT2D eigenvalue weighted by molar-refractivity contribution is 7.90. The van der Waals surface area contributed by atoms with Gasteiger partial charge >= 0.3 is 0 Å². The van der Waals surface area contributed by atoms with Gasteiger partial charge in [-0.3, -0.25) is 0 Å². The maximum absolute atomic E-state index is 12.3. The van der Waals surface area contributed by atoms with Gasteiger partial charge in [0, 0.05) is 32.4 Å². The van der Waals surface area contributed by atoms with Crippen molar-refractivity contribution >= 4 is 27.4 Å². The molecule has 2 aliphatic rings. The first-order chi connectivity index (χ1) is 9.98. The summed E-state index contributed by atoms with van der Waals surface area (Å²) < 4.78 is 26.1. The van der Waals surface area contributed by atoms with Crippen molar-refractivity contribution in [3.05, 3.63) is 23.4 Å². The van der Waals surface area contributed by atoms with E-state index in [1.165, 1.54) is 0 Å². The van der Waals surface area contributed by atoms with Crippen LogP contribution in [0.15, 0.2) is 18.3 Å². The first-order valence-electron chi connectivity index (χ1n) is 7.32. The lowest BCUT2D eigenvalue weighted by atomic mass is 10.1. The minimum atomic E-state index is -3.07. The third kappa shape index (κ3) is 3.17. The van der Waals surface area contributed by atoms with Gasteiger partial charge < -0.3 is 4.90 Å². The molecule has 2 fully saturated rings. The molecule has 0 N–H and O–H groups in total. The summed E-state index contributed by atoms with van der Waals surface area (Å²) >= 11 is 5.85. The zero-order chi connectivity index (χ0) is 15.0. The Balaban J connectivity index is 1.61. The Morgan fingerprint density at radius 3 is 2.43 bits per heavy atom. The Labute approximate surface area is 131 Å². The Bertz CT molecular complexity index is 593. The number of halogens is 1. The van der Waals surface area contributed by atoms with E-state index >= 15 is 0 Å². The van der Waals surface area contributed by atoms with E-state index in [-0.39, 0.29) is 11.3 Å². The smallest absolute Gasteiger partial charge is 0.216 e. The molecule has 0 bridgehead atoms. The molecule has 0 atom stereocenters. The maximum Gasteiger partial charge on any atom is 0.216 e. The molecule has 7 heteroatoms. The summed E-state index contributed by atoms with van der Waals surface area (Å²) in [5.41, 5.74) is 0. The Morgan fingerprint density at radius 2 is 1.90 bits per heavy atom. The van der Waals surface area contributed by atoms with Crippen LogP contribution in [0.5, 0.6) is 0 Å². The molecular weight excluding hydrogens is 310 g/mol. The van der Waals surface area contributed by atoms with Crippen molar-refractivity contribution in [3.8, 4) is 0 Å². The average molecular weight is 330 g/mol. The standard InChI is InChI=1S/C14H20ClN3O2S/c1-17(21(19,20)13-3-4-13)12-6-8-18(9-7-12)14-5-2-11(15)10-16-14/h2,5,10,12-13H,3-4,6-9H2,1H3. The molecule has 116 valence electrons. The van der Waals surface area contributed by atoms with Gasteiger partial charge in [0.1, 0.15) is 5.82 Å². The normalized spacial score (nSPS) is 21.0. The average Bonchev–Trinajstić information content (AvgIpc) is 3.32. The second kappa shape index (κ2) is 5.74. The molecular formula is C14H20ClN3O2S. The van der Waals surface area contributed by atoms with E-state index in [1.54, 1.807) is 17.5 Å². The summed E-state index contributed by atoms with van der Waals surface area (Å²) in [7, 11) is -1.34. The van der Waals surface area contributed by atoms with Crippen molar-refractivity contribution in [2.75, 3.05) is 25.0 Å². The highest BCUT2D eigenvalue weighted by Crippen LogP contribution is 2.33. The van der Waals surface area contributed by atoms with Crippen molar-refractivity contribution in [3.63, 3.8) is 0 Å². The molecule has 0 spiro atoms. The van der Waals surface area contributed by atoms with Crippen LogP contribution in [0.25, 0.3) is 0 Å². The lowest BCUT2D eigenvalue weighted by Crippen LogP contribution is -2.46. The predicted octanol–water partition coefficient (Wildman–Crippen LogP) is 2.13. The van der Waals surface area contributed by atoms with Crippen LogP contribution < -0.4 is 4.90 Å². The van der Waals surface area contributed by atoms with E-state index in [1.807, 2.05) is 12.1 Å². The predicted molar refractivity (Wildman–Crippen MR) is 84.2 cm³/mol. The molecule has 0 radical (unpaired) electrons. The minimum absolute atomic E-state index is 0.110. The Hall–Kier alpha value is -0.850. The van der Waals surface area contributed by atoms with Crippen LogP contribution in [0, 0.1) is 0 Å². The van der Waals surface area contributed by atoms with Gasteiger partial charge in [0.2, 0.25) is 10.0 Å². The fourth-order valence-electron chi connectivity index (χ4n) is 2.82. The SMILES string of the molecule is CN(C1CCN(c2ccc(Cl)cn2)CC1)S(=O)(=O)C1CC1. The van der Waals surface area contributed by atoms with Crippen molar-refractivity contribution in [2.24, 2.45) is 0 Å². The second-order valence-corrected chi connectivity index (χ2v) is 8.52. The molecule has 1 aromatic rings. The molecule has 5 nitrogen and oxygen atoms in total. The van der Waals surface area contributed by atoms with E-state index in [0.717, 1.165) is 44.6 Å². The first-order valence-corrected chi connectivity index (χ1v) is 9.20. The number of anilines is 1. The molecule has 1 saturated heterocycles. The van der Waals surface area contributed by atoms with E-state index in [0.29, 0.717) is 5.02 Å². The van der Waals surface area contributed by atoms with Crippen LogP contribution in [0.2, 0.25) is 5.02 Å². The van der Waals surface area contributed by atoms with Gasteiger partial charge in [0.15, 0.2) is 0 Å². The van der Waals surface area contributed by atoms with Crippen LogP contribution >= 0.6 is 11.6 Å². The molecule has 21 heavy (non-hydrogen) atoms. The van der Waals surface area contributed by atoms with Gasteiger partial charge in [0.25, 0.3) is 0 Å². The summed E-state index contributed by atoms with van der Waals surface area (Å²) in [4.78, 5) is 6.51. The minimum Gasteiger partial charge on any atom is -0.357 e. The number of nitrogens with zero attached hydrogens (tertiary/aromatic N) is 3. The van der Waals surface area contributed by atoms with Crippen molar-refractivity contribution in [1.82, 2.24) is 9.29 Å². The number of hydrogen-bond acceptors (Lipinski definition) is 4. The fourth-order valence-corrected chi connectivity index (χ4v) is 4.76. The third-order valence-corrected chi connectivity index (χ3v) is 7.00. The van der Waals surface area contributed by atoms with Crippen LogP contribution in [0.3, 0.4) is 0 Å². The first kappa shape index (κ1) is 15.1. The fraction of sp³-hybridized carbons (Fsp3) is 0.643. The maximum atomic E-state index is 12.3. The molecule has 0 unspecified atom stereocenters. The zero-order valence-corrected chi connectivity index (χ0v) is 13.6. The van der Waals surface area contributed by atoms with Gasteiger partial charge in [-0.25, -0.2) is 17.7 Å². The molecule has 1 saturated carbocycles. The largest absolute Gasteiger partial charge is 0.357 e. The Kier molecular flexibility index (Phi) is 4.12. The lowest BCUT2D eigenvalue weighted by molar-refractivity contribution is 0.311. The summed E-state index contributed by atoms with van der Waals surface area (Å²) in [6, 6.07) is 3.85. The molecule has 2 heterocycles. The van der Waals surface area contributed by atoms with Crippen molar-refractivity contribution in [2.45, 2.75) is 37.0 Å². The van der Waals surface area contributed by atoms with Gasteiger partial charge in [-0.05, 0) is 37.8 Å². The van der Waals surface area contributed by atoms with E-state index in [9.17, 15) is 8.42 Å². The van der Waals surface area contributed by atoms with E-state index in [2.05, 4.69) is 9.88 Å². The van der Waals surface area contributed by atoms with Gasteiger partial charge in [-0.15, -0.1) is 0 Å². The van der Waals surface area contributed by atoms with Gasteiger partial charge in [0.05, 0.1) is 10.3 Å². The quantitative estimate of drug-likeness (QED) is 0.849. The van der Waals surface area contributed by atoms with Crippen molar-refractivity contribution in [1.29, 1.82) is 0 Å². The summed E-state index contributed by atoms with van der Waals surface area (Å²) in [6.45, 7) is 1.65. The summed E-state index contributed by atoms with van der Waals surface area (Å²) in [6.07, 6.45) is 4.96. The number of piperidine rings is 1. The zero-order valence-electron chi connectivity index (χ0n) is 12.1. The van der Waals surface area contributed by atoms with Crippen LogP contribution in [0.4, 0.5) is 5.82 Å². The number of pyridine rings is 1. The van der Waals surface area contributed by atoms with E-state index in [4.69, 9.17) is 11.6 Å². The number of sulfonamides is 1. The van der Waals surface area contributed by atoms with Crippen molar-refractivity contribution < 1.29 is 8.42 Å². The van der Waals surface area contributed by atoms with Gasteiger partial charge in [-0.1, -0.05) is 11.6 Å². The topological polar surface area (TPSA) is 53.5 Å². The summed E-state index contributed by atoms with van der Waals surface area (Å²) in [5, 5.41) is 0.502. The van der Waals surface area contributed by atoms with Gasteiger partial charge in [-0.2, -0.15) is 0 Å². The highest BCUT2D eigenvalue weighted by Gasteiger charge is 2.41. The monoisotopic (exact) mass is 329 g/mol. The highest BCUT2D eigenvalue weighted by atomic mass is 35.5. The van der Waals surface area contributed by atoms with Crippen LogP contribution in [0.1, 0.15) is 25.7 Å². The molecule has 0 amide bonds. The number of aromatic nitrogens is 1. The molecule has 1 aliphatic carbocycles. The second-order valence-electron chi connectivity index (χ2n) is 5.81. The van der Waals surface area contributed by atoms with Crippen LogP contribution in [-0.4, -0.2) is 49.1 Å². The third-order valence-electron chi connectivity index (χ3n) is 4.36. The molecule has 3 rings (SSSR count). The number of hydrogen-bond donors (Lipinski definition) is 0. The summed E-state index contributed by atoms with van der Waals surface area (Å²) in [5.74, 6) is 0.908. The molecule has 1 aromatic heterocycles. The molecule has 0 aromatic carbocycles. The molecule has 1 aliphatic heterocycles. The Morgan fingerprint density at radius 1 is 1.24 bits per heavy atom. The lowest BCUT2D eigenvalue weighted by Gasteiger charge is -2.36. The number of rotatable bonds is 4. The van der Waals surface area contributed by atoms with Crippen LogP contribution in [-0.2, 0) is 10.0 Å². The van der Waals surface area contributed by atoms with E-state index < -0.39 is 10.0 Å².